The Labute approximate surface area is 103 Å². The van der Waals surface area contributed by atoms with Crippen molar-refractivity contribution in [2.24, 2.45) is 17.8 Å². The molecule has 0 saturated carbocycles. The number of carbonyl (C=O) groups is 1. The summed E-state index contributed by atoms with van der Waals surface area (Å²) in [5, 5.41) is 6.59. The molecular weight excluding hydrogens is 216 g/mol. The van der Waals surface area contributed by atoms with E-state index in [1.165, 1.54) is 0 Å². The predicted octanol–water partition coefficient (Wildman–Crippen LogP) is 0.773. The molecule has 2 aliphatic heterocycles. The van der Waals surface area contributed by atoms with Crippen LogP contribution in [0.5, 0.6) is 0 Å². The lowest BCUT2D eigenvalue weighted by Crippen LogP contribution is -2.51. The summed E-state index contributed by atoms with van der Waals surface area (Å²) in [6, 6.07) is 0.346. The Bertz CT molecular complexity index is 270. The topological polar surface area (TPSA) is 50.4 Å². The van der Waals surface area contributed by atoms with Crippen molar-refractivity contribution < 1.29 is 9.53 Å². The van der Waals surface area contributed by atoms with Gasteiger partial charge in [-0.3, -0.25) is 4.79 Å². The van der Waals surface area contributed by atoms with Gasteiger partial charge in [0.25, 0.3) is 0 Å². The molecule has 0 aliphatic carbocycles. The van der Waals surface area contributed by atoms with Crippen molar-refractivity contribution >= 4 is 5.91 Å². The van der Waals surface area contributed by atoms with E-state index in [-0.39, 0.29) is 11.8 Å². The summed E-state index contributed by atoms with van der Waals surface area (Å²) in [6.07, 6.45) is 1.91. The molecule has 0 radical (unpaired) electrons. The number of nitrogens with one attached hydrogen (secondary N) is 2. The Morgan fingerprint density at radius 3 is 2.82 bits per heavy atom. The van der Waals surface area contributed by atoms with Gasteiger partial charge in [0.05, 0.1) is 0 Å². The molecule has 4 atom stereocenters. The first-order valence-electron chi connectivity index (χ1n) is 6.77. The van der Waals surface area contributed by atoms with Crippen molar-refractivity contribution in [1.82, 2.24) is 10.6 Å². The maximum atomic E-state index is 12.2. The van der Waals surface area contributed by atoms with Crippen LogP contribution >= 0.6 is 0 Å². The third-order valence-corrected chi connectivity index (χ3v) is 4.09. The largest absolute Gasteiger partial charge is 0.381 e. The van der Waals surface area contributed by atoms with Gasteiger partial charge in [0.15, 0.2) is 0 Å². The van der Waals surface area contributed by atoms with E-state index in [4.69, 9.17) is 4.74 Å². The lowest BCUT2D eigenvalue weighted by Gasteiger charge is -2.34. The van der Waals surface area contributed by atoms with Crippen molar-refractivity contribution in [1.29, 1.82) is 0 Å². The van der Waals surface area contributed by atoms with E-state index in [1.807, 2.05) is 0 Å². The third-order valence-electron chi connectivity index (χ3n) is 4.09. The molecule has 2 heterocycles. The van der Waals surface area contributed by atoms with Crippen LogP contribution in [0.2, 0.25) is 0 Å². The zero-order valence-electron chi connectivity index (χ0n) is 10.9. The Hall–Kier alpha value is -0.610. The highest BCUT2D eigenvalue weighted by Crippen LogP contribution is 2.22. The van der Waals surface area contributed by atoms with Crippen LogP contribution in [0.4, 0.5) is 0 Å². The van der Waals surface area contributed by atoms with Crippen molar-refractivity contribution in [3.63, 3.8) is 0 Å². The SMILES string of the molecule is CC1CNCCC1NC(=O)C1CCOCC1C. The van der Waals surface area contributed by atoms with Gasteiger partial charge in [0.1, 0.15) is 0 Å². The third kappa shape index (κ3) is 3.19. The lowest BCUT2D eigenvalue weighted by atomic mass is 9.87. The summed E-state index contributed by atoms with van der Waals surface area (Å²) in [5.74, 6) is 1.26. The first kappa shape index (κ1) is 12.8. The highest BCUT2D eigenvalue weighted by atomic mass is 16.5. The van der Waals surface area contributed by atoms with Crippen LogP contribution in [-0.4, -0.2) is 38.3 Å². The highest BCUT2D eigenvalue weighted by molar-refractivity contribution is 5.79. The van der Waals surface area contributed by atoms with Crippen LogP contribution in [0.25, 0.3) is 0 Å². The molecule has 0 aromatic rings. The molecule has 0 spiro atoms. The van der Waals surface area contributed by atoms with Crippen LogP contribution in [0.15, 0.2) is 0 Å². The fraction of sp³-hybridized carbons (Fsp3) is 0.923. The number of piperidine rings is 1. The molecule has 2 rings (SSSR count). The average Bonchev–Trinajstić information content (AvgIpc) is 2.32. The minimum atomic E-state index is 0.144. The normalized spacial score (nSPS) is 38.7. The second-order valence-electron chi connectivity index (χ2n) is 5.53. The number of hydrogen-bond donors (Lipinski definition) is 2. The van der Waals surface area contributed by atoms with Gasteiger partial charge < -0.3 is 15.4 Å². The highest BCUT2D eigenvalue weighted by Gasteiger charge is 2.31. The Morgan fingerprint density at radius 2 is 2.12 bits per heavy atom. The maximum Gasteiger partial charge on any atom is 0.223 e. The minimum Gasteiger partial charge on any atom is -0.381 e. The van der Waals surface area contributed by atoms with Crippen molar-refractivity contribution in [2.45, 2.75) is 32.7 Å². The zero-order valence-corrected chi connectivity index (χ0v) is 10.9. The molecule has 2 fully saturated rings. The quantitative estimate of drug-likeness (QED) is 0.749. The van der Waals surface area contributed by atoms with Gasteiger partial charge in [-0.2, -0.15) is 0 Å². The van der Waals surface area contributed by atoms with Crippen LogP contribution < -0.4 is 10.6 Å². The first-order chi connectivity index (χ1) is 8.18. The van der Waals surface area contributed by atoms with E-state index >= 15 is 0 Å². The summed E-state index contributed by atoms with van der Waals surface area (Å²) in [4.78, 5) is 12.2. The second kappa shape index (κ2) is 5.83. The van der Waals surface area contributed by atoms with Crippen LogP contribution in [0.3, 0.4) is 0 Å². The molecule has 0 bridgehead atoms. The van der Waals surface area contributed by atoms with E-state index in [0.29, 0.717) is 17.9 Å². The zero-order chi connectivity index (χ0) is 12.3. The van der Waals surface area contributed by atoms with E-state index in [0.717, 1.165) is 39.1 Å². The molecule has 2 aliphatic rings. The number of carbonyl (C=O) groups excluding carboxylic acids is 1. The summed E-state index contributed by atoms with van der Waals surface area (Å²) in [6.45, 7) is 7.77. The molecule has 4 unspecified atom stereocenters. The van der Waals surface area contributed by atoms with E-state index in [2.05, 4.69) is 24.5 Å². The van der Waals surface area contributed by atoms with Gasteiger partial charge in [-0.25, -0.2) is 0 Å². The molecule has 2 N–H and O–H groups in total. The van der Waals surface area contributed by atoms with Crippen molar-refractivity contribution in [3.05, 3.63) is 0 Å². The van der Waals surface area contributed by atoms with E-state index in [1.54, 1.807) is 0 Å². The summed E-state index contributed by atoms with van der Waals surface area (Å²) < 4.78 is 5.38. The fourth-order valence-electron chi connectivity index (χ4n) is 2.79. The predicted molar refractivity (Wildman–Crippen MR) is 66.7 cm³/mol. The van der Waals surface area contributed by atoms with Crippen LogP contribution in [-0.2, 0) is 9.53 Å². The summed E-state index contributed by atoms with van der Waals surface area (Å²) in [7, 11) is 0. The Kier molecular flexibility index (Phi) is 4.40. The molecule has 1 amide bonds. The molecular formula is C13H24N2O2. The number of amides is 1. The van der Waals surface area contributed by atoms with Crippen molar-refractivity contribution in [3.8, 4) is 0 Å². The molecule has 98 valence electrons. The van der Waals surface area contributed by atoms with Crippen LogP contribution in [0.1, 0.15) is 26.7 Å². The molecule has 4 nitrogen and oxygen atoms in total. The standard InChI is InChI=1S/C13H24N2O2/c1-9-7-14-5-3-12(9)15-13(16)11-4-6-17-8-10(11)2/h9-12,14H,3-8H2,1-2H3,(H,15,16). The van der Waals surface area contributed by atoms with Gasteiger partial charge in [-0.05, 0) is 37.8 Å². The van der Waals surface area contributed by atoms with E-state index < -0.39 is 0 Å². The first-order valence-corrected chi connectivity index (χ1v) is 6.77. The average molecular weight is 240 g/mol. The number of ether oxygens (including phenoxy) is 1. The maximum absolute atomic E-state index is 12.2. The smallest absolute Gasteiger partial charge is 0.223 e. The fourth-order valence-corrected chi connectivity index (χ4v) is 2.79. The molecule has 0 aromatic carbocycles. The Morgan fingerprint density at radius 1 is 1.29 bits per heavy atom. The summed E-state index contributed by atoms with van der Waals surface area (Å²) >= 11 is 0. The number of rotatable bonds is 2. The minimum absolute atomic E-state index is 0.144. The molecule has 17 heavy (non-hydrogen) atoms. The van der Waals surface area contributed by atoms with Crippen LogP contribution in [0, 0.1) is 17.8 Å². The number of hydrogen-bond acceptors (Lipinski definition) is 3. The van der Waals surface area contributed by atoms with Gasteiger partial charge in [0, 0.05) is 25.2 Å². The van der Waals surface area contributed by atoms with Gasteiger partial charge in [-0.15, -0.1) is 0 Å². The van der Waals surface area contributed by atoms with Gasteiger partial charge in [0.2, 0.25) is 5.91 Å². The second-order valence-corrected chi connectivity index (χ2v) is 5.53. The van der Waals surface area contributed by atoms with Gasteiger partial charge >= 0.3 is 0 Å². The Balaban J connectivity index is 1.86. The van der Waals surface area contributed by atoms with Crippen molar-refractivity contribution in [2.75, 3.05) is 26.3 Å². The summed E-state index contributed by atoms with van der Waals surface area (Å²) in [5.41, 5.74) is 0. The lowest BCUT2D eigenvalue weighted by molar-refractivity contribution is -0.131. The molecule has 4 heteroatoms. The molecule has 0 aromatic heterocycles. The monoisotopic (exact) mass is 240 g/mol. The van der Waals surface area contributed by atoms with Gasteiger partial charge in [-0.1, -0.05) is 13.8 Å². The molecule has 2 saturated heterocycles. The van der Waals surface area contributed by atoms with E-state index in [9.17, 15) is 4.79 Å².